The summed E-state index contributed by atoms with van der Waals surface area (Å²) in [5.74, 6) is 0. The van der Waals surface area contributed by atoms with Gasteiger partial charge in [0.1, 0.15) is 5.65 Å². The van der Waals surface area contributed by atoms with Gasteiger partial charge in [-0.25, -0.2) is 4.98 Å². The third-order valence-corrected chi connectivity index (χ3v) is 6.94. The van der Waals surface area contributed by atoms with Gasteiger partial charge >= 0.3 is 0 Å². The normalized spacial score (nSPS) is 26.2. The zero-order valence-corrected chi connectivity index (χ0v) is 15.9. The van der Waals surface area contributed by atoms with Crippen LogP contribution in [-0.2, 0) is 14.9 Å². The zero-order chi connectivity index (χ0) is 18.3. The van der Waals surface area contributed by atoms with Crippen LogP contribution in [0.3, 0.4) is 0 Å². The van der Waals surface area contributed by atoms with E-state index >= 15 is 0 Å². The lowest BCUT2D eigenvalue weighted by atomic mass is 10.0. The van der Waals surface area contributed by atoms with Crippen LogP contribution >= 0.6 is 0 Å². The minimum Gasteiger partial charge on any atom is -0.373 e. The maximum atomic E-state index is 13.0. The van der Waals surface area contributed by atoms with Crippen LogP contribution in [0.2, 0.25) is 0 Å². The van der Waals surface area contributed by atoms with Crippen LogP contribution in [0.4, 0.5) is 0 Å². The second-order valence-corrected chi connectivity index (χ2v) is 8.95. The minimum absolute atomic E-state index is 0.0804. The number of nitrogens with one attached hydrogen (secondary N) is 1. The Morgan fingerprint density at radius 3 is 2.69 bits per heavy atom. The molecular weight excluding hydrogens is 352 g/mol. The highest BCUT2D eigenvalue weighted by Crippen LogP contribution is 2.30. The van der Waals surface area contributed by atoms with Gasteiger partial charge in [-0.05, 0) is 38.0 Å². The fraction of sp³-hybridized carbons (Fsp3) is 0.500. The van der Waals surface area contributed by atoms with Crippen molar-refractivity contribution in [1.82, 2.24) is 18.6 Å². The summed E-state index contributed by atoms with van der Waals surface area (Å²) in [5, 5.41) is 1.07. The number of hydrogen-bond acceptors (Lipinski definition) is 4. The molecule has 0 aromatic carbocycles. The standard InChI is InChI=1S/C18H24N4O3S/c1-13-11-22(12-14(2)25-13)26(23,24)21-8-5-15(6-9-21)17-10-20-18-16(17)4-3-7-19-18/h3-5,7,10,13-14H,6,8-9,11-12H2,1-2H3,(H,19,20). The van der Waals surface area contributed by atoms with E-state index in [-0.39, 0.29) is 12.2 Å². The monoisotopic (exact) mass is 376 g/mol. The van der Waals surface area contributed by atoms with Gasteiger partial charge in [0.2, 0.25) is 0 Å². The highest BCUT2D eigenvalue weighted by atomic mass is 32.2. The van der Waals surface area contributed by atoms with Crippen molar-refractivity contribution >= 4 is 26.8 Å². The molecule has 7 nitrogen and oxygen atoms in total. The van der Waals surface area contributed by atoms with Crippen molar-refractivity contribution < 1.29 is 13.2 Å². The van der Waals surface area contributed by atoms with E-state index in [1.54, 1.807) is 14.8 Å². The lowest BCUT2D eigenvalue weighted by Gasteiger charge is -2.38. The van der Waals surface area contributed by atoms with Gasteiger partial charge in [-0.1, -0.05) is 6.08 Å². The summed E-state index contributed by atoms with van der Waals surface area (Å²) in [7, 11) is -3.46. The summed E-state index contributed by atoms with van der Waals surface area (Å²) >= 11 is 0. The molecule has 0 radical (unpaired) electrons. The number of ether oxygens (including phenoxy) is 1. The van der Waals surface area contributed by atoms with Gasteiger partial charge < -0.3 is 9.72 Å². The molecule has 0 spiro atoms. The number of fused-ring (bicyclic) bond motifs is 1. The summed E-state index contributed by atoms with van der Waals surface area (Å²) < 4.78 is 34.8. The van der Waals surface area contributed by atoms with Gasteiger partial charge in [-0.3, -0.25) is 0 Å². The van der Waals surface area contributed by atoms with Crippen molar-refractivity contribution in [3.63, 3.8) is 0 Å². The van der Waals surface area contributed by atoms with Gasteiger partial charge in [0, 0.05) is 49.5 Å². The van der Waals surface area contributed by atoms with Gasteiger partial charge in [0.15, 0.2) is 0 Å². The molecule has 2 aliphatic heterocycles. The Bertz CT molecular complexity index is 927. The van der Waals surface area contributed by atoms with Gasteiger partial charge in [-0.2, -0.15) is 17.0 Å². The number of aromatic amines is 1. The third kappa shape index (κ3) is 3.18. The molecule has 2 aromatic rings. The maximum Gasteiger partial charge on any atom is 0.282 e. The van der Waals surface area contributed by atoms with E-state index in [1.165, 1.54) is 5.57 Å². The topological polar surface area (TPSA) is 78.5 Å². The fourth-order valence-electron chi connectivity index (χ4n) is 3.81. The molecule has 2 aliphatic rings. The van der Waals surface area contributed by atoms with Gasteiger partial charge in [0.05, 0.1) is 12.2 Å². The van der Waals surface area contributed by atoms with Crippen LogP contribution in [0.25, 0.3) is 16.6 Å². The van der Waals surface area contributed by atoms with Crippen molar-refractivity contribution in [3.05, 3.63) is 36.2 Å². The van der Waals surface area contributed by atoms with Crippen molar-refractivity contribution in [3.8, 4) is 0 Å². The average Bonchev–Trinajstić information content (AvgIpc) is 3.05. The Kier molecular flexibility index (Phi) is 4.60. The number of aromatic nitrogens is 2. The molecule has 2 atom stereocenters. The quantitative estimate of drug-likeness (QED) is 0.889. The lowest BCUT2D eigenvalue weighted by Crippen LogP contribution is -2.53. The predicted octanol–water partition coefficient (Wildman–Crippen LogP) is 2.01. The summed E-state index contributed by atoms with van der Waals surface area (Å²) in [6.07, 6.45) is 6.27. The molecule has 26 heavy (non-hydrogen) atoms. The number of rotatable bonds is 3. The number of hydrogen-bond donors (Lipinski definition) is 1. The summed E-state index contributed by atoms with van der Waals surface area (Å²) in [6, 6.07) is 3.95. The maximum absolute atomic E-state index is 13.0. The molecular formula is C18H24N4O3S. The highest BCUT2D eigenvalue weighted by Gasteiger charge is 2.35. The van der Waals surface area contributed by atoms with Crippen LogP contribution < -0.4 is 0 Å². The number of nitrogens with zero attached hydrogens (tertiary/aromatic N) is 3. The molecule has 1 saturated heterocycles. The van der Waals surface area contributed by atoms with E-state index in [4.69, 9.17) is 4.74 Å². The highest BCUT2D eigenvalue weighted by molar-refractivity contribution is 7.86. The van der Waals surface area contributed by atoms with E-state index in [9.17, 15) is 8.42 Å². The van der Waals surface area contributed by atoms with Crippen molar-refractivity contribution in [2.75, 3.05) is 26.2 Å². The number of H-pyrrole nitrogens is 1. The van der Waals surface area contributed by atoms with Crippen molar-refractivity contribution in [1.29, 1.82) is 0 Å². The first-order chi connectivity index (χ1) is 12.4. The van der Waals surface area contributed by atoms with Crippen LogP contribution in [-0.4, -0.2) is 65.4 Å². The average molecular weight is 376 g/mol. The first kappa shape index (κ1) is 17.7. The smallest absolute Gasteiger partial charge is 0.282 e. The Balaban J connectivity index is 1.53. The van der Waals surface area contributed by atoms with E-state index in [1.807, 2.05) is 38.3 Å². The van der Waals surface area contributed by atoms with E-state index in [0.717, 1.165) is 16.6 Å². The number of morpholine rings is 1. The van der Waals surface area contributed by atoms with Gasteiger partial charge in [-0.15, -0.1) is 0 Å². The summed E-state index contributed by atoms with van der Waals surface area (Å²) in [6.45, 7) is 5.53. The lowest BCUT2D eigenvalue weighted by molar-refractivity contribution is -0.0454. The van der Waals surface area contributed by atoms with E-state index in [2.05, 4.69) is 9.97 Å². The van der Waals surface area contributed by atoms with E-state index < -0.39 is 10.2 Å². The van der Waals surface area contributed by atoms with Crippen molar-refractivity contribution in [2.24, 2.45) is 0 Å². The number of pyridine rings is 1. The molecule has 0 bridgehead atoms. The molecule has 8 heteroatoms. The molecule has 2 aromatic heterocycles. The van der Waals surface area contributed by atoms with Crippen LogP contribution in [0.5, 0.6) is 0 Å². The van der Waals surface area contributed by atoms with Crippen LogP contribution in [0.1, 0.15) is 25.8 Å². The largest absolute Gasteiger partial charge is 0.373 e. The first-order valence-corrected chi connectivity index (χ1v) is 10.4. The summed E-state index contributed by atoms with van der Waals surface area (Å²) in [4.78, 5) is 7.50. The molecule has 4 rings (SSSR count). The second kappa shape index (κ2) is 6.77. The Morgan fingerprint density at radius 1 is 1.23 bits per heavy atom. The van der Waals surface area contributed by atoms with Crippen molar-refractivity contribution in [2.45, 2.75) is 32.5 Å². The molecule has 0 saturated carbocycles. The van der Waals surface area contributed by atoms with E-state index in [0.29, 0.717) is 32.6 Å². The van der Waals surface area contributed by atoms with Gasteiger partial charge in [0.25, 0.3) is 10.2 Å². The SMILES string of the molecule is CC1CN(S(=O)(=O)N2CC=C(c3c[nH]c4ncccc34)CC2)CC(C)O1. The zero-order valence-electron chi connectivity index (χ0n) is 15.1. The predicted molar refractivity (Wildman–Crippen MR) is 101 cm³/mol. The first-order valence-electron chi connectivity index (χ1n) is 8.97. The Morgan fingerprint density at radius 2 is 2.00 bits per heavy atom. The molecule has 1 fully saturated rings. The minimum atomic E-state index is -3.46. The Labute approximate surface area is 153 Å². The summed E-state index contributed by atoms with van der Waals surface area (Å²) in [5.41, 5.74) is 3.13. The molecule has 140 valence electrons. The molecule has 2 unspecified atom stereocenters. The second-order valence-electron chi connectivity index (χ2n) is 7.02. The van der Waals surface area contributed by atoms with Crippen LogP contribution in [0.15, 0.2) is 30.6 Å². The molecule has 0 amide bonds. The Hall–Kier alpha value is -1.74. The van der Waals surface area contributed by atoms with Crippen LogP contribution in [0, 0.1) is 0 Å². The fourth-order valence-corrected chi connectivity index (χ4v) is 5.52. The third-order valence-electron chi connectivity index (χ3n) is 5.01. The molecule has 4 heterocycles. The molecule has 0 aliphatic carbocycles. The molecule has 1 N–H and O–H groups in total.